The third-order valence-corrected chi connectivity index (χ3v) is 8.92. The van der Waals surface area contributed by atoms with Crippen LogP contribution in [0, 0.1) is 5.92 Å². The Balaban J connectivity index is 1.92. The van der Waals surface area contributed by atoms with Crippen LogP contribution in [0.4, 0.5) is 0 Å². The molecule has 0 spiro atoms. The van der Waals surface area contributed by atoms with Crippen LogP contribution in [-0.2, 0) is 16.6 Å². The summed E-state index contributed by atoms with van der Waals surface area (Å²) in [5.41, 5.74) is 7.49. The maximum atomic E-state index is 11.4. The van der Waals surface area contributed by atoms with E-state index in [0.717, 1.165) is 25.5 Å². The number of unbranched alkanes of at least 4 members (excludes halogenated alkanes) is 3. The van der Waals surface area contributed by atoms with Crippen LogP contribution < -0.4 is 0 Å². The van der Waals surface area contributed by atoms with Gasteiger partial charge in [0.05, 0.1) is 0 Å². The fraction of sp³-hybridized carbons (Fsp3) is 0.500. The molecule has 0 aromatic heterocycles. The molecule has 0 amide bonds. The second-order valence-corrected chi connectivity index (χ2v) is 11.2. The zero-order chi connectivity index (χ0) is 25.6. The summed E-state index contributed by atoms with van der Waals surface area (Å²) < 4.78 is 0. The number of benzene rings is 2. The summed E-state index contributed by atoms with van der Waals surface area (Å²) in [7, 11) is 4.51. The highest BCUT2D eigenvalue weighted by Gasteiger charge is 2.53. The minimum absolute atomic E-state index is 0.0898. The molecule has 2 nitrogen and oxygen atoms in total. The Morgan fingerprint density at radius 2 is 1.56 bits per heavy atom. The fourth-order valence-corrected chi connectivity index (χ4v) is 7.12. The van der Waals surface area contributed by atoms with Crippen molar-refractivity contribution in [2.24, 2.45) is 5.92 Å². The van der Waals surface area contributed by atoms with E-state index in [4.69, 9.17) is 0 Å². The van der Waals surface area contributed by atoms with Crippen LogP contribution in [-0.4, -0.2) is 30.8 Å². The van der Waals surface area contributed by atoms with E-state index >= 15 is 0 Å². The van der Waals surface area contributed by atoms with Crippen LogP contribution in [0.5, 0.6) is 0 Å². The Morgan fingerprint density at radius 1 is 0.889 bits per heavy atom. The minimum Gasteiger partial charge on any atom is -0.303 e. The standard InChI is InChI=1S/C34H45NO/c1-5-7-22-33(23-8-6-2)30-19-13-12-18-28(30)29-21-24-34(35(3)4,26-27-16-10-9-11-17-27)31(32(29)33)20-14-15-25-36/h9-13,16-19,21,24-25,31H,5-8,14-15,20,22-23,26H2,1-4H3. The van der Waals surface area contributed by atoms with Gasteiger partial charge in [-0.05, 0) is 74.0 Å². The number of hydrogen-bond donors (Lipinski definition) is 0. The van der Waals surface area contributed by atoms with E-state index in [1.165, 1.54) is 55.2 Å². The molecule has 2 aliphatic carbocycles. The molecular formula is C34H45NO. The van der Waals surface area contributed by atoms with Crippen molar-refractivity contribution in [2.45, 2.75) is 89.0 Å². The lowest BCUT2D eigenvalue weighted by Gasteiger charge is -2.51. The van der Waals surface area contributed by atoms with Crippen LogP contribution >= 0.6 is 0 Å². The molecule has 2 aliphatic rings. The smallest absolute Gasteiger partial charge is 0.119 e. The normalized spacial score (nSPS) is 22.1. The summed E-state index contributed by atoms with van der Waals surface area (Å²) in [6.07, 6.45) is 17.0. The van der Waals surface area contributed by atoms with Gasteiger partial charge in [0.1, 0.15) is 6.29 Å². The average Bonchev–Trinajstić information content (AvgIpc) is 3.18. The Bertz CT molecular complexity index is 1070. The first kappa shape index (κ1) is 26.6. The van der Waals surface area contributed by atoms with Gasteiger partial charge < -0.3 is 4.79 Å². The summed E-state index contributed by atoms with van der Waals surface area (Å²) in [6.45, 7) is 4.65. The predicted molar refractivity (Wildman–Crippen MR) is 153 cm³/mol. The van der Waals surface area contributed by atoms with Crippen LogP contribution in [0.25, 0.3) is 5.57 Å². The highest BCUT2D eigenvalue weighted by atomic mass is 16.1. The van der Waals surface area contributed by atoms with E-state index in [1.54, 1.807) is 11.1 Å². The first-order valence-electron chi connectivity index (χ1n) is 14.2. The molecule has 2 unspecified atom stereocenters. The number of likely N-dealkylation sites (N-methyl/N-ethyl adjacent to an activating group) is 1. The van der Waals surface area contributed by atoms with Gasteiger partial charge in [0.2, 0.25) is 0 Å². The maximum Gasteiger partial charge on any atom is 0.119 e. The molecule has 36 heavy (non-hydrogen) atoms. The number of nitrogens with zero attached hydrogens (tertiary/aromatic N) is 1. The van der Waals surface area contributed by atoms with Gasteiger partial charge in [0.25, 0.3) is 0 Å². The predicted octanol–water partition coefficient (Wildman–Crippen LogP) is 8.17. The Morgan fingerprint density at radius 3 is 2.19 bits per heavy atom. The largest absolute Gasteiger partial charge is 0.303 e. The highest BCUT2D eigenvalue weighted by Crippen LogP contribution is 2.60. The summed E-state index contributed by atoms with van der Waals surface area (Å²) in [5.74, 6) is 0.369. The number of fused-ring (bicyclic) bond motifs is 2. The lowest BCUT2D eigenvalue weighted by atomic mass is 9.59. The molecule has 0 saturated heterocycles. The average molecular weight is 484 g/mol. The molecule has 0 fully saturated rings. The highest BCUT2D eigenvalue weighted by molar-refractivity contribution is 5.88. The molecule has 0 radical (unpaired) electrons. The quantitative estimate of drug-likeness (QED) is 0.211. The topological polar surface area (TPSA) is 20.3 Å². The van der Waals surface area contributed by atoms with E-state index in [0.29, 0.717) is 12.3 Å². The molecule has 4 rings (SSSR count). The number of carbonyl (C=O) groups excluding carboxylic acids is 1. The monoisotopic (exact) mass is 483 g/mol. The third kappa shape index (κ3) is 4.77. The van der Waals surface area contributed by atoms with Crippen molar-refractivity contribution < 1.29 is 4.79 Å². The molecule has 0 heterocycles. The number of carbonyl (C=O) groups is 1. The van der Waals surface area contributed by atoms with Crippen molar-refractivity contribution in [1.29, 1.82) is 0 Å². The molecule has 2 heteroatoms. The Hall–Kier alpha value is -2.45. The van der Waals surface area contributed by atoms with Crippen LogP contribution in [0.15, 0.2) is 72.3 Å². The number of allylic oxidation sites excluding steroid dienone is 2. The van der Waals surface area contributed by atoms with Gasteiger partial charge in [-0.25, -0.2) is 0 Å². The summed E-state index contributed by atoms with van der Waals surface area (Å²) >= 11 is 0. The van der Waals surface area contributed by atoms with Crippen molar-refractivity contribution in [3.05, 3.63) is 89.0 Å². The second kappa shape index (κ2) is 11.7. The minimum atomic E-state index is -0.116. The maximum absolute atomic E-state index is 11.4. The second-order valence-electron chi connectivity index (χ2n) is 11.2. The Labute approximate surface area is 219 Å². The lowest BCUT2D eigenvalue weighted by Crippen LogP contribution is -2.54. The van der Waals surface area contributed by atoms with E-state index in [1.807, 2.05) is 0 Å². The molecule has 0 saturated carbocycles. The van der Waals surface area contributed by atoms with Crippen LogP contribution in [0.2, 0.25) is 0 Å². The van der Waals surface area contributed by atoms with Gasteiger partial charge in [-0.15, -0.1) is 0 Å². The molecule has 2 aromatic carbocycles. The zero-order valence-electron chi connectivity index (χ0n) is 22.9. The van der Waals surface area contributed by atoms with Crippen LogP contribution in [0.3, 0.4) is 0 Å². The van der Waals surface area contributed by atoms with Crippen molar-refractivity contribution >= 4 is 11.9 Å². The summed E-state index contributed by atoms with van der Waals surface area (Å²) in [4.78, 5) is 13.9. The summed E-state index contributed by atoms with van der Waals surface area (Å²) in [5, 5.41) is 0. The van der Waals surface area contributed by atoms with E-state index < -0.39 is 0 Å². The van der Waals surface area contributed by atoms with E-state index in [9.17, 15) is 4.79 Å². The fourth-order valence-electron chi connectivity index (χ4n) is 7.12. The SMILES string of the molecule is CCCCC1(CCCC)C2=C(C=CC(Cc3ccccc3)(N(C)C)C2CCCC=O)c2ccccc21. The number of rotatable bonds is 13. The van der Waals surface area contributed by atoms with Crippen molar-refractivity contribution in [1.82, 2.24) is 4.90 Å². The molecule has 2 aromatic rings. The molecule has 0 aliphatic heterocycles. The van der Waals surface area contributed by atoms with E-state index in [-0.39, 0.29) is 11.0 Å². The van der Waals surface area contributed by atoms with Crippen molar-refractivity contribution in [3.8, 4) is 0 Å². The number of hydrogen-bond acceptors (Lipinski definition) is 2. The van der Waals surface area contributed by atoms with Gasteiger partial charge in [0, 0.05) is 23.3 Å². The number of aldehydes is 1. The lowest BCUT2D eigenvalue weighted by molar-refractivity contribution is -0.108. The first-order chi connectivity index (χ1) is 17.5. The van der Waals surface area contributed by atoms with Gasteiger partial charge in [-0.3, -0.25) is 4.90 Å². The van der Waals surface area contributed by atoms with Crippen LogP contribution in [0.1, 0.15) is 88.3 Å². The van der Waals surface area contributed by atoms with Crippen molar-refractivity contribution in [3.63, 3.8) is 0 Å². The summed E-state index contributed by atoms with van der Waals surface area (Å²) in [6, 6.07) is 20.2. The molecule has 192 valence electrons. The first-order valence-corrected chi connectivity index (χ1v) is 14.2. The molecule has 0 N–H and O–H groups in total. The van der Waals surface area contributed by atoms with Crippen molar-refractivity contribution in [2.75, 3.05) is 14.1 Å². The molecule has 2 atom stereocenters. The Kier molecular flexibility index (Phi) is 8.67. The zero-order valence-corrected chi connectivity index (χ0v) is 22.9. The van der Waals surface area contributed by atoms with Gasteiger partial charge in [0.15, 0.2) is 0 Å². The van der Waals surface area contributed by atoms with Gasteiger partial charge in [-0.2, -0.15) is 0 Å². The molecule has 0 bridgehead atoms. The third-order valence-electron chi connectivity index (χ3n) is 8.92. The van der Waals surface area contributed by atoms with Gasteiger partial charge in [-0.1, -0.05) is 106 Å². The van der Waals surface area contributed by atoms with Gasteiger partial charge >= 0.3 is 0 Å². The van der Waals surface area contributed by atoms with E-state index in [2.05, 4.69) is 99.6 Å². The molecular weight excluding hydrogens is 438 g/mol.